The van der Waals surface area contributed by atoms with E-state index in [4.69, 9.17) is 0 Å². The Morgan fingerprint density at radius 1 is 1.54 bits per heavy atom. The van der Waals surface area contributed by atoms with Crippen LogP contribution in [0.1, 0.15) is 0 Å². The van der Waals surface area contributed by atoms with Crippen LogP contribution in [0.4, 0.5) is 0 Å². The molecule has 1 amide bonds. The molecule has 70 valence electrons. The third-order valence-electron chi connectivity index (χ3n) is 1.25. The van der Waals surface area contributed by atoms with Crippen LogP contribution in [0.5, 0.6) is 0 Å². The number of hydrogen-bond acceptors (Lipinski definition) is 5. The summed E-state index contributed by atoms with van der Waals surface area (Å²) in [5.41, 5.74) is 4.96. The Kier molecular flexibility index (Phi) is 2.80. The number of carbonyl (C=O) groups excluding carboxylic acids is 2. The van der Waals surface area contributed by atoms with Crippen molar-refractivity contribution in [2.75, 3.05) is 7.11 Å². The number of ether oxygens (including phenoxy) is 1. The Hall–Kier alpha value is -1.63. The molecule has 0 unspecified atom stereocenters. The molecule has 0 aromatic rings. The van der Waals surface area contributed by atoms with Crippen molar-refractivity contribution in [3.05, 3.63) is 11.8 Å². The second-order valence-corrected chi connectivity index (χ2v) is 2.52. The molecular formula is C6H7N3O3S. The largest absolute Gasteiger partial charge is 0.466 e. The fraction of sp³-hybridized carbons (Fsp3) is 0.167. The highest BCUT2D eigenvalue weighted by atomic mass is 32.1. The van der Waals surface area contributed by atoms with Crippen molar-refractivity contribution in [3.8, 4) is 0 Å². The lowest BCUT2D eigenvalue weighted by atomic mass is 10.3. The van der Waals surface area contributed by atoms with E-state index in [-0.39, 0.29) is 10.8 Å². The van der Waals surface area contributed by atoms with E-state index in [1.807, 2.05) is 0 Å². The van der Waals surface area contributed by atoms with Crippen LogP contribution >= 0.6 is 12.2 Å². The van der Waals surface area contributed by atoms with Crippen molar-refractivity contribution >= 4 is 29.2 Å². The van der Waals surface area contributed by atoms with E-state index in [9.17, 15) is 9.59 Å². The minimum Gasteiger partial charge on any atom is -0.466 e. The summed E-state index contributed by atoms with van der Waals surface area (Å²) in [5, 5.41) is 2.46. The van der Waals surface area contributed by atoms with Crippen LogP contribution in [0.3, 0.4) is 0 Å². The van der Waals surface area contributed by atoms with E-state index >= 15 is 0 Å². The quantitative estimate of drug-likeness (QED) is 0.274. The normalized spacial score (nSPS) is 18.7. The third-order valence-corrected chi connectivity index (χ3v) is 1.45. The van der Waals surface area contributed by atoms with Gasteiger partial charge in [-0.05, 0) is 12.2 Å². The van der Waals surface area contributed by atoms with Crippen LogP contribution in [0, 0.1) is 0 Å². The number of thiocarbonyl (C=S) groups is 1. The van der Waals surface area contributed by atoms with Gasteiger partial charge < -0.3 is 4.74 Å². The smallest absolute Gasteiger partial charge is 0.332 e. The maximum absolute atomic E-state index is 11.1. The first kappa shape index (κ1) is 9.46. The minimum absolute atomic E-state index is 0.0560. The lowest BCUT2D eigenvalue weighted by Gasteiger charge is -2.19. The number of hydrogen-bond donors (Lipinski definition) is 3. The fourth-order valence-corrected chi connectivity index (χ4v) is 0.805. The van der Waals surface area contributed by atoms with Gasteiger partial charge in [-0.15, -0.1) is 0 Å². The van der Waals surface area contributed by atoms with Gasteiger partial charge in [0, 0.05) is 0 Å². The molecule has 0 radical (unpaired) electrons. The maximum atomic E-state index is 11.1. The second-order valence-electron chi connectivity index (χ2n) is 2.11. The predicted molar refractivity (Wildman–Crippen MR) is 47.1 cm³/mol. The highest BCUT2D eigenvalue weighted by Crippen LogP contribution is 1.93. The summed E-state index contributed by atoms with van der Waals surface area (Å²) < 4.78 is 4.33. The number of carbonyl (C=O) groups is 2. The zero-order valence-corrected chi connectivity index (χ0v) is 7.53. The summed E-state index contributed by atoms with van der Waals surface area (Å²) in [6.07, 6.45) is 1.02. The van der Waals surface area contributed by atoms with Crippen molar-refractivity contribution in [2.45, 2.75) is 0 Å². The van der Waals surface area contributed by atoms with Crippen LogP contribution < -0.4 is 16.2 Å². The predicted octanol–water partition coefficient (Wildman–Crippen LogP) is -1.45. The number of amides is 1. The van der Waals surface area contributed by atoms with Crippen molar-refractivity contribution < 1.29 is 14.3 Å². The molecule has 1 rings (SSSR count). The Labute approximate surface area is 79.3 Å². The SMILES string of the molecule is COC(=O)/C=C1\NNC(=S)NC1=O. The topological polar surface area (TPSA) is 79.5 Å². The maximum Gasteiger partial charge on any atom is 0.332 e. The van der Waals surface area contributed by atoms with Gasteiger partial charge in [0.25, 0.3) is 5.91 Å². The molecule has 1 fully saturated rings. The number of esters is 1. The van der Waals surface area contributed by atoms with Gasteiger partial charge in [0.2, 0.25) is 0 Å². The van der Waals surface area contributed by atoms with Crippen molar-refractivity contribution in [3.63, 3.8) is 0 Å². The number of nitrogens with one attached hydrogen (secondary N) is 3. The van der Waals surface area contributed by atoms with Crippen LogP contribution in [0.25, 0.3) is 0 Å². The van der Waals surface area contributed by atoms with Crippen LogP contribution in [0.15, 0.2) is 11.8 Å². The number of rotatable bonds is 1. The summed E-state index contributed by atoms with van der Waals surface area (Å²) in [6.45, 7) is 0. The minimum atomic E-state index is -0.618. The summed E-state index contributed by atoms with van der Waals surface area (Å²) >= 11 is 4.63. The molecule has 13 heavy (non-hydrogen) atoms. The molecule has 0 atom stereocenters. The average Bonchev–Trinajstić information content (AvgIpc) is 2.09. The van der Waals surface area contributed by atoms with Gasteiger partial charge in [0.1, 0.15) is 5.70 Å². The van der Waals surface area contributed by atoms with Gasteiger partial charge in [-0.25, -0.2) is 4.79 Å². The molecule has 6 nitrogen and oxygen atoms in total. The molecule has 0 aromatic heterocycles. The van der Waals surface area contributed by atoms with E-state index in [0.717, 1.165) is 6.08 Å². The zero-order chi connectivity index (χ0) is 9.84. The highest BCUT2D eigenvalue weighted by Gasteiger charge is 2.17. The molecular weight excluding hydrogens is 194 g/mol. The second kappa shape index (κ2) is 3.85. The fourth-order valence-electron chi connectivity index (χ4n) is 0.661. The number of hydrazine groups is 1. The van der Waals surface area contributed by atoms with Gasteiger partial charge in [0.15, 0.2) is 5.11 Å². The molecule has 3 N–H and O–H groups in total. The molecule has 0 aliphatic carbocycles. The first-order chi connectivity index (χ1) is 6.13. The van der Waals surface area contributed by atoms with E-state index in [0.29, 0.717) is 0 Å². The Morgan fingerprint density at radius 3 is 2.77 bits per heavy atom. The summed E-state index contributed by atoms with van der Waals surface area (Å²) in [6, 6.07) is 0. The lowest BCUT2D eigenvalue weighted by molar-refractivity contribution is -0.135. The van der Waals surface area contributed by atoms with Crippen LogP contribution in [0.2, 0.25) is 0 Å². The Bertz CT molecular complexity index is 299. The van der Waals surface area contributed by atoms with E-state index in [1.54, 1.807) is 0 Å². The molecule has 1 saturated heterocycles. The highest BCUT2D eigenvalue weighted by molar-refractivity contribution is 7.80. The average molecular weight is 201 g/mol. The Morgan fingerprint density at radius 2 is 2.23 bits per heavy atom. The first-order valence-electron chi connectivity index (χ1n) is 3.30. The summed E-state index contributed by atoms with van der Waals surface area (Å²) in [4.78, 5) is 21.8. The molecule has 0 aromatic carbocycles. The van der Waals surface area contributed by atoms with Crippen LogP contribution in [-0.2, 0) is 14.3 Å². The molecule has 0 spiro atoms. The van der Waals surface area contributed by atoms with Gasteiger partial charge in [-0.3, -0.25) is 21.0 Å². The monoisotopic (exact) mass is 201 g/mol. The van der Waals surface area contributed by atoms with Crippen molar-refractivity contribution in [2.24, 2.45) is 0 Å². The standard InChI is InChI=1S/C6H7N3O3S/c1-12-4(10)2-3-5(11)7-6(13)9-8-3/h2,8H,1H3,(H2,7,9,11,13)/b3-2-. The van der Waals surface area contributed by atoms with E-state index in [1.165, 1.54) is 7.11 Å². The molecule has 1 heterocycles. The molecule has 1 aliphatic heterocycles. The van der Waals surface area contributed by atoms with Gasteiger partial charge in [-0.1, -0.05) is 0 Å². The summed E-state index contributed by atoms with van der Waals surface area (Å²) in [5.74, 6) is -1.10. The zero-order valence-electron chi connectivity index (χ0n) is 6.71. The van der Waals surface area contributed by atoms with Gasteiger partial charge in [-0.2, -0.15) is 0 Å². The van der Waals surface area contributed by atoms with Crippen LogP contribution in [-0.4, -0.2) is 24.1 Å². The first-order valence-corrected chi connectivity index (χ1v) is 3.71. The molecule has 1 aliphatic rings. The van der Waals surface area contributed by atoms with E-state index in [2.05, 4.69) is 33.1 Å². The number of methoxy groups -OCH3 is 1. The Balaban J connectivity index is 2.71. The molecule has 0 bridgehead atoms. The van der Waals surface area contributed by atoms with Crippen molar-refractivity contribution in [1.82, 2.24) is 16.2 Å². The lowest BCUT2D eigenvalue weighted by Crippen LogP contribution is -2.54. The molecule has 0 saturated carbocycles. The van der Waals surface area contributed by atoms with Crippen molar-refractivity contribution in [1.29, 1.82) is 0 Å². The van der Waals surface area contributed by atoms with E-state index < -0.39 is 11.9 Å². The van der Waals surface area contributed by atoms with Gasteiger partial charge in [0.05, 0.1) is 13.2 Å². The third kappa shape index (κ3) is 2.41. The summed E-state index contributed by atoms with van der Waals surface area (Å²) in [7, 11) is 1.22. The molecule has 7 heteroatoms. The van der Waals surface area contributed by atoms with Gasteiger partial charge >= 0.3 is 5.97 Å².